The fraction of sp³-hybridized carbons (Fsp3) is 0.722. The van der Waals surface area contributed by atoms with Gasteiger partial charge in [0.25, 0.3) is 0 Å². The van der Waals surface area contributed by atoms with E-state index in [0.717, 1.165) is 24.4 Å². The first-order chi connectivity index (χ1) is 12.3. The van der Waals surface area contributed by atoms with Crippen LogP contribution in [0.1, 0.15) is 51.5 Å². The molecule has 1 aromatic heterocycles. The Balaban J connectivity index is 2.66. The molecule has 8 heteroatoms. The fourth-order valence-electron chi connectivity index (χ4n) is 2.42. The van der Waals surface area contributed by atoms with Crippen LogP contribution in [0.3, 0.4) is 0 Å². The molecule has 0 aliphatic heterocycles. The summed E-state index contributed by atoms with van der Waals surface area (Å²) in [5.74, 6) is 2.49. The average Bonchev–Trinajstić information content (AvgIpc) is 2.88. The van der Waals surface area contributed by atoms with E-state index in [1.165, 1.54) is 0 Å². The lowest BCUT2D eigenvalue weighted by atomic mass is 10.0. The van der Waals surface area contributed by atoms with Gasteiger partial charge >= 0.3 is 6.09 Å². The van der Waals surface area contributed by atoms with Gasteiger partial charge in [0.15, 0.2) is 5.96 Å². The van der Waals surface area contributed by atoms with E-state index in [0.29, 0.717) is 37.5 Å². The third kappa shape index (κ3) is 8.22. The highest BCUT2D eigenvalue weighted by molar-refractivity contribution is 5.79. The minimum Gasteiger partial charge on any atom is -0.450 e. The monoisotopic (exact) mass is 367 g/mol. The number of nitrogens with zero attached hydrogens (tertiary/aromatic N) is 2. The number of carbonyl (C=O) groups excluding carboxylic acids is 1. The van der Waals surface area contributed by atoms with E-state index >= 15 is 0 Å². The van der Waals surface area contributed by atoms with Crippen LogP contribution in [0.2, 0.25) is 0 Å². The molecular formula is C18H33N5O3. The molecule has 1 heterocycles. The number of carbonyl (C=O) groups is 1. The molecule has 0 aliphatic carbocycles. The quantitative estimate of drug-likeness (QED) is 0.458. The Kier molecular flexibility index (Phi) is 9.54. The highest BCUT2D eigenvalue weighted by Gasteiger charge is 2.15. The molecular weight excluding hydrogens is 334 g/mol. The Hall–Kier alpha value is -2.25. The van der Waals surface area contributed by atoms with E-state index in [1.54, 1.807) is 6.92 Å². The summed E-state index contributed by atoms with van der Waals surface area (Å²) in [4.78, 5) is 20.6. The summed E-state index contributed by atoms with van der Waals surface area (Å²) in [5.41, 5.74) is 0.879. The van der Waals surface area contributed by atoms with Crippen LogP contribution in [0.4, 0.5) is 4.79 Å². The molecule has 1 aromatic rings. The fourth-order valence-corrected chi connectivity index (χ4v) is 2.42. The first-order valence-corrected chi connectivity index (χ1v) is 9.24. The lowest BCUT2D eigenvalue weighted by molar-refractivity contribution is 0.146. The largest absolute Gasteiger partial charge is 0.450 e. The summed E-state index contributed by atoms with van der Waals surface area (Å²) in [7, 11) is 0. The van der Waals surface area contributed by atoms with E-state index in [4.69, 9.17) is 9.15 Å². The minimum absolute atomic E-state index is 0.0517. The van der Waals surface area contributed by atoms with Gasteiger partial charge in [-0.25, -0.2) is 14.8 Å². The van der Waals surface area contributed by atoms with Crippen molar-refractivity contribution >= 4 is 12.1 Å². The van der Waals surface area contributed by atoms with Gasteiger partial charge in [0, 0.05) is 19.1 Å². The highest BCUT2D eigenvalue weighted by Crippen LogP contribution is 2.09. The summed E-state index contributed by atoms with van der Waals surface area (Å²) < 4.78 is 10.5. The highest BCUT2D eigenvalue weighted by atomic mass is 16.5. The Morgan fingerprint density at radius 2 is 2.00 bits per heavy atom. The lowest BCUT2D eigenvalue weighted by Crippen LogP contribution is -2.47. The zero-order valence-electron chi connectivity index (χ0n) is 16.8. The molecule has 26 heavy (non-hydrogen) atoms. The maximum atomic E-state index is 11.7. The van der Waals surface area contributed by atoms with Gasteiger partial charge in [-0.3, -0.25) is 0 Å². The van der Waals surface area contributed by atoms with Crippen LogP contribution in [0.5, 0.6) is 0 Å². The number of nitrogens with one attached hydrogen (secondary N) is 3. The number of alkyl carbamates (subject to hydrolysis) is 1. The van der Waals surface area contributed by atoms with E-state index in [1.807, 2.05) is 20.8 Å². The van der Waals surface area contributed by atoms with Gasteiger partial charge in [-0.05, 0) is 40.0 Å². The van der Waals surface area contributed by atoms with Crippen molar-refractivity contribution in [2.75, 3.05) is 19.7 Å². The third-order valence-electron chi connectivity index (χ3n) is 3.66. The number of oxazole rings is 1. The third-order valence-corrected chi connectivity index (χ3v) is 3.66. The van der Waals surface area contributed by atoms with Crippen LogP contribution in [0, 0.1) is 19.8 Å². The Labute approximate surface area is 156 Å². The number of hydrogen-bond acceptors (Lipinski definition) is 5. The van der Waals surface area contributed by atoms with Gasteiger partial charge in [-0.1, -0.05) is 13.8 Å². The second-order valence-electron chi connectivity index (χ2n) is 6.52. The second kappa shape index (κ2) is 11.4. The summed E-state index contributed by atoms with van der Waals surface area (Å²) in [6.07, 6.45) is 0.441. The topological polar surface area (TPSA) is 101 Å². The van der Waals surface area contributed by atoms with Gasteiger partial charge in [0.2, 0.25) is 5.89 Å². The maximum Gasteiger partial charge on any atom is 0.407 e. The van der Waals surface area contributed by atoms with Gasteiger partial charge in [-0.2, -0.15) is 0 Å². The van der Waals surface area contributed by atoms with Crippen molar-refractivity contribution in [2.45, 2.75) is 60.5 Å². The van der Waals surface area contributed by atoms with Crippen molar-refractivity contribution in [3.8, 4) is 0 Å². The van der Waals surface area contributed by atoms with Gasteiger partial charge in [-0.15, -0.1) is 0 Å². The predicted molar refractivity (Wildman–Crippen MR) is 102 cm³/mol. The molecule has 0 aromatic carbocycles. The van der Waals surface area contributed by atoms with Crippen molar-refractivity contribution < 1.29 is 13.9 Å². The van der Waals surface area contributed by atoms with E-state index in [2.05, 4.69) is 39.8 Å². The number of aliphatic imine (C=N–C) groups is 1. The number of aromatic nitrogens is 1. The summed E-state index contributed by atoms with van der Waals surface area (Å²) in [6.45, 7) is 13.8. The lowest BCUT2D eigenvalue weighted by Gasteiger charge is -2.22. The number of hydrogen-bond donors (Lipinski definition) is 3. The molecule has 1 amide bonds. The van der Waals surface area contributed by atoms with Crippen molar-refractivity contribution in [2.24, 2.45) is 10.9 Å². The van der Waals surface area contributed by atoms with Gasteiger partial charge < -0.3 is 25.1 Å². The second-order valence-corrected chi connectivity index (χ2v) is 6.52. The van der Waals surface area contributed by atoms with Crippen molar-refractivity contribution in [1.82, 2.24) is 20.9 Å². The normalized spacial score (nSPS) is 12.8. The molecule has 0 saturated heterocycles. The van der Waals surface area contributed by atoms with E-state index < -0.39 is 6.09 Å². The maximum absolute atomic E-state index is 11.7. The molecule has 1 rings (SSSR count). The summed E-state index contributed by atoms with van der Waals surface area (Å²) in [6, 6.07) is -0.0517. The van der Waals surface area contributed by atoms with E-state index in [9.17, 15) is 4.79 Å². The molecule has 0 spiro atoms. The molecule has 0 radical (unpaired) electrons. The Morgan fingerprint density at radius 3 is 2.54 bits per heavy atom. The first kappa shape index (κ1) is 21.8. The van der Waals surface area contributed by atoms with Crippen molar-refractivity contribution in [3.05, 3.63) is 17.3 Å². The number of aryl methyl sites for hydroxylation is 2. The number of ether oxygens (including phenoxy) is 1. The molecule has 0 aliphatic rings. The molecule has 1 unspecified atom stereocenters. The Bertz CT molecular complexity index is 564. The standard InChI is InChI=1S/C18H33N5O3/c1-7-19-17(21-11-16-22-13(5)14(6)26-16)20-10-15(9-12(3)4)23-18(24)25-8-2/h12,15H,7-11H2,1-6H3,(H,23,24)(H2,19,20,21). The molecule has 0 bridgehead atoms. The SMILES string of the molecule is CCNC(=NCc1nc(C)c(C)o1)NCC(CC(C)C)NC(=O)OCC. The van der Waals surface area contributed by atoms with Gasteiger partial charge in [0.1, 0.15) is 12.3 Å². The smallest absolute Gasteiger partial charge is 0.407 e. The molecule has 3 N–H and O–H groups in total. The summed E-state index contributed by atoms with van der Waals surface area (Å²) in [5, 5.41) is 9.35. The Morgan fingerprint density at radius 1 is 1.27 bits per heavy atom. The van der Waals surface area contributed by atoms with E-state index in [-0.39, 0.29) is 6.04 Å². The zero-order chi connectivity index (χ0) is 19.5. The molecule has 1 atom stereocenters. The number of amides is 1. The van der Waals surface area contributed by atoms with Crippen molar-refractivity contribution in [1.29, 1.82) is 0 Å². The van der Waals surface area contributed by atoms with Crippen LogP contribution in [-0.2, 0) is 11.3 Å². The van der Waals surface area contributed by atoms with Crippen LogP contribution in [0.15, 0.2) is 9.41 Å². The van der Waals surface area contributed by atoms with Crippen LogP contribution in [0.25, 0.3) is 0 Å². The zero-order valence-corrected chi connectivity index (χ0v) is 16.8. The minimum atomic E-state index is -0.396. The molecule has 0 saturated carbocycles. The van der Waals surface area contributed by atoms with Crippen LogP contribution in [-0.4, -0.2) is 42.8 Å². The van der Waals surface area contributed by atoms with Crippen molar-refractivity contribution in [3.63, 3.8) is 0 Å². The summed E-state index contributed by atoms with van der Waals surface area (Å²) >= 11 is 0. The molecule has 8 nitrogen and oxygen atoms in total. The average molecular weight is 367 g/mol. The number of rotatable bonds is 9. The van der Waals surface area contributed by atoms with Gasteiger partial charge in [0.05, 0.1) is 12.3 Å². The first-order valence-electron chi connectivity index (χ1n) is 9.24. The van der Waals surface area contributed by atoms with Crippen LogP contribution >= 0.6 is 0 Å². The number of guanidine groups is 1. The molecule has 0 fully saturated rings. The molecule has 148 valence electrons. The van der Waals surface area contributed by atoms with Crippen LogP contribution < -0.4 is 16.0 Å². The predicted octanol–water partition coefficient (Wildman–Crippen LogP) is 2.51.